The molecule has 1 atom stereocenters. The molecule has 0 aliphatic carbocycles. The Labute approximate surface area is 108 Å². The standard InChI is InChI=1S/C15H23F2N/c1-4-12(10-18)13-6-5-7-14(8-13)15(16,17)9-11(2)3/h5-8,11-12H,4,9-10,18H2,1-3H3. The molecule has 1 rings (SSSR count). The lowest BCUT2D eigenvalue weighted by Crippen LogP contribution is -2.18. The van der Waals surface area contributed by atoms with Crippen molar-refractivity contribution < 1.29 is 8.78 Å². The van der Waals surface area contributed by atoms with Crippen LogP contribution in [-0.4, -0.2) is 6.54 Å². The predicted octanol–water partition coefficient (Wildman–Crippen LogP) is 4.28. The number of rotatable bonds is 6. The Hall–Kier alpha value is -0.960. The normalized spacial score (nSPS) is 13.9. The fourth-order valence-electron chi connectivity index (χ4n) is 2.19. The third-order valence-corrected chi connectivity index (χ3v) is 3.22. The molecule has 1 aromatic carbocycles. The highest BCUT2D eigenvalue weighted by atomic mass is 19.3. The van der Waals surface area contributed by atoms with Crippen molar-refractivity contribution in [1.82, 2.24) is 0 Å². The summed E-state index contributed by atoms with van der Waals surface area (Å²) in [4.78, 5) is 0. The Morgan fingerprint density at radius 3 is 2.44 bits per heavy atom. The van der Waals surface area contributed by atoms with Crippen molar-refractivity contribution in [3.8, 4) is 0 Å². The van der Waals surface area contributed by atoms with Gasteiger partial charge in [-0.25, -0.2) is 8.78 Å². The molecule has 0 saturated heterocycles. The Morgan fingerprint density at radius 2 is 1.94 bits per heavy atom. The van der Waals surface area contributed by atoms with Crippen LogP contribution in [0.2, 0.25) is 0 Å². The van der Waals surface area contributed by atoms with E-state index in [0.717, 1.165) is 12.0 Å². The largest absolute Gasteiger partial charge is 0.330 e. The molecule has 102 valence electrons. The molecule has 0 aliphatic heterocycles. The van der Waals surface area contributed by atoms with Gasteiger partial charge in [-0.05, 0) is 36.4 Å². The van der Waals surface area contributed by atoms with Crippen LogP contribution in [0.15, 0.2) is 24.3 Å². The fourth-order valence-corrected chi connectivity index (χ4v) is 2.19. The van der Waals surface area contributed by atoms with E-state index in [0.29, 0.717) is 6.54 Å². The van der Waals surface area contributed by atoms with Crippen molar-refractivity contribution in [3.05, 3.63) is 35.4 Å². The number of benzene rings is 1. The van der Waals surface area contributed by atoms with Gasteiger partial charge >= 0.3 is 0 Å². The number of halogens is 2. The van der Waals surface area contributed by atoms with Gasteiger partial charge < -0.3 is 5.73 Å². The van der Waals surface area contributed by atoms with E-state index in [2.05, 4.69) is 0 Å². The maximum absolute atomic E-state index is 14.0. The van der Waals surface area contributed by atoms with E-state index in [1.54, 1.807) is 12.1 Å². The minimum atomic E-state index is -2.75. The topological polar surface area (TPSA) is 26.0 Å². The first-order valence-electron chi connectivity index (χ1n) is 6.59. The predicted molar refractivity (Wildman–Crippen MR) is 71.9 cm³/mol. The van der Waals surface area contributed by atoms with Gasteiger partial charge in [-0.2, -0.15) is 0 Å². The van der Waals surface area contributed by atoms with Crippen molar-refractivity contribution in [2.24, 2.45) is 11.7 Å². The molecule has 0 aromatic heterocycles. The van der Waals surface area contributed by atoms with E-state index in [-0.39, 0.29) is 23.8 Å². The average molecular weight is 255 g/mol. The van der Waals surface area contributed by atoms with Crippen molar-refractivity contribution in [3.63, 3.8) is 0 Å². The van der Waals surface area contributed by atoms with Crippen LogP contribution < -0.4 is 5.73 Å². The van der Waals surface area contributed by atoms with Gasteiger partial charge in [0.25, 0.3) is 5.92 Å². The van der Waals surface area contributed by atoms with Gasteiger partial charge in [0.2, 0.25) is 0 Å². The Balaban J connectivity index is 3.00. The molecule has 0 fully saturated rings. The number of hydrogen-bond donors (Lipinski definition) is 1. The Bertz CT molecular complexity index is 371. The molecule has 2 N–H and O–H groups in total. The molecule has 0 bridgehead atoms. The summed E-state index contributed by atoms with van der Waals surface area (Å²) >= 11 is 0. The molecule has 1 nitrogen and oxygen atoms in total. The molecule has 3 heteroatoms. The van der Waals surface area contributed by atoms with Gasteiger partial charge in [0.1, 0.15) is 0 Å². The van der Waals surface area contributed by atoms with Crippen molar-refractivity contribution in [2.75, 3.05) is 6.54 Å². The second-order valence-electron chi connectivity index (χ2n) is 5.27. The van der Waals surface area contributed by atoms with E-state index in [1.165, 1.54) is 6.07 Å². The summed E-state index contributed by atoms with van der Waals surface area (Å²) in [5.41, 5.74) is 6.70. The van der Waals surface area contributed by atoms with Crippen molar-refractivity contribution in [2.45, 2.75) is 45.5 Å². The second-order valence-corrected chi connectivity index (χ2v) is 5.27. The zero-order valence-electron chi connectivity index (χ0n) is 11.4. The first kappa shape index (κ1) is 15.1. The molecule has 0 spiro atoms. The van der Waals surface area contributed by atoms with Gasteiger partial charge in [-0.15, -0.1) is 0 Å². The Kier molecular flexibility index (Phi) is 5.27. The van der Waals surface area contributed by atoms with Gasteiger partial charge in [-0.1, -0.05) is 39.0 Å². The quantitative estimate of drug-likeness (QED) is 0.806. The van der Waals surface area contributed by atoms with Crippen LogP contribution in [0.25, 0.3) is 0 Å². The first-order chi connectivity index (χ1) is 8.40. The minimum absolute atomic E-state index is 0.0277. The summed E-state index contributed by atoms with van der Waals surface area (Å²) in [5.74, 6) is -2.61. The van der Waals surface area contributed by atoms with Crippen LogP contribution in [0.3, 0.4) is 0 Å². The molecule has 0 heterocycles. The van der Waals surface area contributed by atoms with Gasteiger partial charge in [0.05, 0.1) is 0 Å². The fraction of sp³-hybridized carbons (Fsp3) is 0.600. The molecule has 1 unspecified atom stereocenters. The summed E-state index contributed by atoms with van der Waals surface area (Å²) in [6, 6.07) is 6.71. The lowest BCUT2D eigenvalue weighted by molar-refractivity contribution is -0.0250. The highest BCUT2D eigenvalue weighted by Gasteiger charge is 2.32. The molecule has 0 radical (unpaired) electrons. The summed E-state index contributed by atoms with van der Waals surface area (Å²) in [6.45, 7) is 6.14. The van der Waals surface area contributed by atoms with Crippen LogP contribution in [0, 0.1) is 5.92 Å². The zero-order chi connectivity index (χ0) is 13.8. The number of alkyl halides is 2. The van der Waals surface area contributed by atoms with E-state index >= 15 is 0 Å². The third-order valence-electron chi connectivity index (χ3n) is 3.22. The summed E-state index contributed by atoms with van der Waals surface area (Å²) in [5, 5.41) is 0. The molecule has 1 aromatic rings. The lowest BCUT2D eigenvalue weighted by Gasteiger charge is -2.21. The maximum Gasteiger partial charge on any atom is 0.273 e. The molecule has 0 amide bonds. The molecule has 18 heavy (non-hydrogen) atoms. The molecular weight excluding hydrogens is 232 g/mol. The maximum atomic E-state index is 14.0. The van der Waals surface area contributed by atoms with Crippen LogP contribution in [0.5, 0.6) is 0 Å². The first-order valence-corrected chi connectivity index (χ1v) is 6.59. The summed E-state index contributed by atoms with van der Waals surface area (Å²) in [7, 11) is 0. The van der Waals surface area contributed by atoms with E-state index in [9.17, 15) is 8.78 Å². The highest BCUT2D eigenvalue weighted by Crippen LogP contribution is 2.35. The van der Waals surface area contributed by atoms with Crippen LogP contribution in [0.4, 0.5) is 8.78 Å². The summed E-state index contributed by atoms with van der Waals surface area (Å²) < 4.78 is 28.1. The number of hydrogen-bond acceptors (Lipinski definition) is 1. The van der Waals surface area contributed by atoms with Gasteiger partial charge in [0.15, 0.2) is 0 Å². The molecule has 0 aliphatic rings. The van der Waals surface area contributed by atoms with Crippen LogP contribution >= 0.6 is 0 Å². The third kappa shape index (κ3) is 3.77. The summed E-state index contributed by atoms with van der Waals surface area (Å²) in [6.07, 6.45) is 0.756. The van der Waals surface area contributed by atoms with Gasteiger partial charge in [0, 0.05) is 12.0 Å². The van der Waals surface area contributed by atoms with Crippen molar-refractivity contribution >= 4 is 0 Å². The zero-order valence-corrected chi connectivity index (χ0v) is 11.4. The second kappa shape index (κ2) is 6.28. The lowest BCUT2D eigenvalue weighted by atomic mass is 9.91. The Morgan fingerprint density at radius 1 is 1.28 bits per heavy atom. The van der Waals surface area contributed by atoms with E-state index in [4.69, 9.17) is 5.73 Å². The van der Waals surface area contributed by atoms with Crippen LogP contribution in [-0.2, 0) is 5.92 Å². The van der Waals surface area contributed by atoms with E-state index < -0.39 is 5.92 Å². The van der Waals surface area contributed by atoms with Crippen molar-refractivity contribution in [1.29, 1.82) is 0 Å². The SMILES string of the molecule is CCC(CN)c1cccc(C(F)(F)CC(C)C)c1. The van der Waals surface area contributed by atoms with Gasteiger partial charge in [-0.3, -0.25) is 0 Å². The average Bonchev–Trinajstić information content (AvgIpc) is 2.29. The van der Waals surface area contributed by atoms with E-state index in [1.807, 2.05) is 26.8 Å². The molecular formula is C15H23F2N. The highest BCUT2D eigenvalue weighted by molar-refractivity contribution is 5.29. The smallest absolute Gasteiger partial charge is 0.273 e. The van der Waals surface area contributed by atoms with Crippen LogP contribution in [0.1, 0.15) is 50.7 Å². The number of nitrogens with two attached hydrogens (primary N) is 1. The minimum Gasteiger partial charge on any atom is -0.330 e. The molecule has 0 saturated carbocycles. The monoisotopic (exact) mass is 255 g/mol.